The summed E-state index contributed by atoms with van der Waals surface area (Å²) in [6.07, 6.45) is -2.84. The van der Waals surface area contributed by atoms with E-state index in [0.29, 0.717) is 0 Å². The van der Waals surface area contributed by atoms with Gasteiger partial charge in [0.25, 0.3) is 5.56 Å². The number of nitrogen functional groups attached to an aromatic ring is 1. The van der Waals surface area contributed by atoms with Crippen LogP contribution in [0.25, 0.3) is 11.2 Å². The first-order valence-corrected chi connectivity index (χ1v) is 10.8. The predicted molar refractivity (Wildman–Crippen MR) is 103 cm³/mol. The number of rotatable bonds is 4. The molecule has 0 unspecified atom stereocenters. The van der Waals surface area contributed by atoms with Crippen LogP contribution in [0.15, 0.2) is 41.5 Å². The number of nitrogens with two attached hydrogens (primary N) is 1. The van der Waals surface area contributed by atoms with Crippen molar-refractivity contribution in [3.8, 4) is 0 Å². The molecule has 0 amide bonds. The highest BCUT2D eigenvalue weighted by molar-refractivity contribution is 7.52. The highest BCUT2D eigenvalue weighted by Gasteiger charge is 2.66. The smallest absolute Gasteiger partial charge is 0.389 e. The van der Waals surface area contributed by atoms with Gasteiger partial charge in [0.05, 0.1) is 12.9 Å². The van der Waals surface area contributed by atoms with E-state index in [9.17, 15) is 24.3 Å². The Morgan fingerprint density at radius 2 is 1.94 bits per heavy atom. The van der Waals surface area contributed by atoms with Crippen molar-refractivity contribution >= 4 is 24.7 Å². The number of anilines is 1. The molecule has 1 aromatic carbocycles. The Balaban J connectivity index is 1.63. The Labute approximate surface area is 173 Å². The summed E-state index contributed by atoms with van der Waals surface area (Å²) in [5, 5.41) is 9.80. The number of hydrogen-bond acceptors (Lipinski definition) is 9. The van der Waals surface area contributed by atoms with Crippen LogP contribution in [0.5, 0.6) is 0 Å². The predicted octanol–water partition coefficient (Wildman–Crippen LogP) is -0.636. The number of nitrogens with zero attached hydrogens (tertiary/aromatic N) is 3. The first-order chi connectivity index (χ1) is 14.7. The molecule has 13 nitrogen and oxygen atoms in total. The lowest BCUT2D eigenvalue weighted by molar-refractivity contribution is -0.188. The molecule has 2 fully saturated rings. The van der Waals surface area contributed by atoms with Gasteiger partial charge in [-0.25, -0.2) is 4.98 Å². The molecule has 5 atom stereocenters. The van der Waals surface area contributed by atoms with Gasteiger partial charge in [-0.05, 0) is 0 Å². The van der Waals surface area contributed by atoms with Gasteiger partial charge in [-0.2, -0.15) is 4.98 Å². The van der Waals surface area contributed by atoms with Crippen molar-refractivity contribution in [1.82, 2.24) is 19.5 Å². The van der Waals surface area contributed by atoms with Gasteiger partial charge in [0.1, 0.15) is 18.3 Å². The van der Waals surface area contributed by atoms with E-state index >= 15 is 0 Å². The number of aliphatic hydroxyl groups excluding tert-OH is 1. The van der Waals surface area contributed by atoms with Crippen LogP contribution in [0, 0.1) is 0 Å². The molecule has 0 spiro atoms. The summed E-state index contributed by atoms with van der Waals surface area (Å²) in [4.78, 5) is 42.9. The third-order valence-electron chi connectivity index (χ3n) is 5.30. The van der Waals surface area contributed by atoms with Crippen molar-refractivity contribution in [1.29, 1.82) is 0 Å². The highest BCUT2D eigenvalue weighted by atomic mass is 31.2. The Hall–Kier alpha value is -2.64. The molecule has 164 valence electrons. The van der Waals surface area contributed by atoms with Crippen molar-refractivity contribution in [2.75, 3.05) is 12.3 Å². The highest BCUT2D eigenvalue weighted by Crippen LogP contribution is 2.64. The van der Waals surface area contributed by atoms with Gasteiger partial charge in [0.2, 0.25) is 5.95 Å². The van der Waals surface area contributed by atoms with Crippen LogP contribution >= 0.6 is 7.60 Å². The molecule has 14 heteroatoms. The molecule has 4 heterocycles. The van der Waals surface area contributed by atoms with Crippen LogP contribution in [0.3, 0.4) is 0 Å². The van der Waals surface area contributed by atoms with Crippen LogP contribution in [-0.2, 0) is 24.3 Å². The van der Waals surface area contributed by atoms with E-state index in [-0.39, 0.29) is 22.7 Å². The molecule has 2 aromatic heterocycles. The minimum absolute atomic E-state index is 0.00924. The molecule has 6 N–H and O–H groups in total. The minimum atomic E-state index is -5.02. The summed E-state index contributed by atoms with van der Waals surface area (Å²) in [5.41, 5.74) is 2.88. The average Bonchev–Trinajstić information content (AvgIpc) is 3.40. The van der Waals surface area contributed by atoms with Crippen LogP contribution < -0.4 is 11.3 Å². The molecule has 31 heavy (non-hydrogen) atoms. The molecule has 5 rings (SSSR count). The summed E-state index contributed by atoms with van der Waals surface area (Å²) in [5.74, 6) is -0.148. The van der Waals surface area contributed by atoms with Crippen LogP contribution in [0.4, 0.5) is 5.95 Å². The number of benzene rings is 1. The van der Waals surface area contributed by atoms with E-state index < -0.39 is 49.8 Å². The Morgan fingerprint density at radius 1 is 1.23 bits per heavy atom. The summed E-state index contributed by atoms with van der Waals surface area (Å²) < 4.78 is 31.4. The van der Waals surface area contributed by atoms with Gasteiger partial charge in [0, 0.05) is 5.56 Å². The van der Waals surface area contributed by atoms with Crippen LogP contribution in [0.1, 0.15) is 11.8 Å². The van der Waals surface area contributed by atoms with Crippen LogP contribution in [-0.4, -0.2) is 59.3 Å². The summed E-state index contributed by atoms with van der Waals surface area (Å²) in [6, 6.07) is 7.80. The average molecular weight is 451 g/mol. The lowest BCUT2D eigenvalue weighted by Crippen LogP contribution is -2.33. The number of aromatic nitrogens is 4. The largest absolute Gasteiger partial charge is 0.394 e. The first kappa shape index (κ1) is 20.3. The molecule has 0 radical (unpaired) electrons. The van der Waals surface area contributed by atoms with Crippen molar-refractivity contribution in [3.63, 3.8) is 0 Å². The van der Waals surface area contributed by atoms with Gasteiger partial charge < -0.3 is 34.8 Å². The summed E-state index contributed by atoms with van der Waals surface area (Å²) in [6.45, 7) is -0.504. The van der Waals surface area contributed by atoms with Crippen LogP contribution in [0.2, 0.25) is 0 Å². The maximum absolute atomic E-state index is 12.5. The number of nitrogens with one attached hydrogen (secondary N) is 1. The zero-order valence-electron chi connectivity index (χ0n) is 15.7. The molecule has 3 aromatic rings. The molecule has 0 bridgehead atoms. The standard InChI is InChI=1S/C17H18N5O8P/c18-16-20-13-10(14(24)21-16)19-7-22(13)15-12-11(9(6-23)28-15)29-17(30-12,31(25,26)27)8-4-2-1-3-5-8/h1-5,7,9,11-12,15,23H,6H2,(H2,25,26,27)(H3,18,20,21,24)/t9-,11-,12-,15-,17+/m1/s1. The number of hydrogen-bond donors (Lipinski definition) is 5. The third-order valence-corrected chi connectivity index (χ3v) is 6.54. The zero-order valence-corrected chi connectivity index (χ0v) is 16.6. The van der Waals surface area contributed by atoms with E-state index in [0.717, 1.165) is 0 Å². The molecular formula is C17H18N5O8P. The normalized spacial score (nSPS) is 30.7. The molecule has 2 aliphatic rings. The number of ether oxygens (including phenoxy) is 3. The number of H-pyrrole nitrogens is 1. The lowest BCUT2D eigenvalue weighted by Gasteiger charge is -2.31. The Kier molecular flexibility index (Phi) is 4.53. The van der Waals surface area contributed by atoms with Crippen molar-refractivity contribution in [2.45, 2.75) is 30.1 Å². The molecular weight excluding hydrogens is 433 g/mol. The Bertz CT molecular complexity index is 1240. The topological polar surface area (TPSA) is 195 Å². The summed E-state index contributed by atoms with van der Waals surface area (Å²) in [7, 11) is -5.02. The van der Waals surface area contributed by atoms with Gasteiger partial charge in [-0.15, -0.1) is 0 Å². The number of imidazole rings is 1. The van der Waals surface area contributed by atoms with Gasteiger partial charge in [-0.3, -0.25) is 18.9 Å². The quantitative estimate of drug-likeness (QED) is 0.317. The Morgan fingerprint density at radius 3 is 2.61 bits per heavy atom. The lowest BCUT2D eigenvalue weighted by atomic mass is 10.1. The second kappa shape index (κ2) is 6.93. The van der Waals surface area contributed by atoms with E-state index in [1.165, 1.54) is 23.0 Å². The SMILES string of the molecule is Nc1nc2c(ncn2[C@@H]2O[C@H](CO)[C@H]3O[C@](c4ccccc4)(P(=O)(O)O)O[C@H]32)c(=O)[nH]1. The van der Waals surface area contributed by atoms with Gasteiger partial charge >= 0.3 is 13.1 Å². The van der Waals surface area contributed by atoms with Crippen molar-refractivity contribution < 1.29 is 33.7 Å². The molecule has 0 saturated carbocycles. The number of fused-ring (bicyclic) bond motifs is 2. The van der Waals surface area contributed by atoms with E-state index in [1.807, 2.05) is 0 Å². The second-order valence-electron chi connectivity index (χ2n) is 7.18. The van der Waals surface area contributed by atoms with E-state index in [2.05, 4.69) is 15.0 Å². The monoisotopic (exact) mass is 451 g/mol. The summed E-state index contributed by atoms with van der Waals surface area (Å²) >= 11 is 0. The molecule has 0 aliphatic carbocycles. The molecule has 2 aliphatic heterocycles. The van der Waals surface area contributed by atoms with Crippen molar-refractivity contribution in [2.24, 2.45) is 0 Å². The molecule has 2 saturated heterocycles. The maximum Gasteiger partial charge on any atom is 0.389 e. The van der Waals surface area contributed by atoms with Gasteiger partial charge in [-0.1, -0.05) is 30.3 Å². The zero-order chi connectivity index (χ0) is 22.0. The fourth-order valence-corrected chi connectivity index (χ4v) is 4.97. The van der Waals surface area contributed by atoms with Gasteiger partial charge in [0.15, 0.2) is 17.4 Å². The number of aliphatic hydroxyl groups is 1. The van der Waals surface area contributed by atoms with Crippen molar-refractivity contribution in [3.05, 3.63) is 52.6 Å². The van der Waals surface area contributed by atoms with E-state index in [4.69, 9.17) is 19.9 Å². The number of aromatic amines is 1. The minimum Gasteiger partial charge on any atom is -0.394 e. The fraction of sp³-hybridized carbons (Fsp3) is 0.353. The van der Waals surface area contributed by atoms with E-state index in [1.54, 1.807) is 18.2 Å². The fourth-order valence-electron chi connectivity index (χ4n) is 3.96. The second-order valence-corrected chi connectivity index (χ2v) is 8.86. The first-order valence-electron chi connectivity index (χ1n) is 9.20. The third kappa shape index (κ3) is 2.94. The maximum atomic E-state index is 12.5.